The number of hydrogen-bond acceptors (Lipinski definition) is 20. The van der Waals surface area contributed by atoms with Gasteiger partial charge in [0.25, 0.3) is 11.8 Å². The number of aromatic amines is 3. The van der Waals surface area contributed by atoms with Crippen molar-refractivity contribution in [2.45, 2.75) is 123 Å². The minimum absolute atomic E-state index is 0.0187. The molecule has 2 saturated heterocycles. The first kappa shape index (κ1) is 56.3. The smallest absolute Gasteiger partial charge is 0.364 e. The summed E-state index contributed by atoms with van der Waals surface area (Å²) in [5, 5.41) is 50.1. The Morgan fingerprint density at radius 3 is 1.71 bits per heavy atom. The number of amides is 2. The molecule has 7 unspecified atom stereocenters. The van der Waals surface area contributed by atoms with Gasteiger partial charge < -0.3 is 92.7 Å². The summed E-state index contributed by atoms with van der Waals surface area (Å²) in [6.07, 6.45) is -7.13. The number of esters is 2. The van der Waals surface area contributed by atoms with Crippen molar-refractivity contribution >= 4 is 57.1 Å². The van der Waals surface area contributed by atoms with E-state index in [1.54, 1.807) is 59.7 Å². The Balaban J connectivity index is 0.879. The van der Waals surface area contributed by atoms with Crippen LogP contribution in [0, 0.1) is 34.6 Å². The van der Waals surface area contributed by atoms with Crippen LogP contribution in [0.25, 0.3) is 21.9 Å². The van der Waals surface area contributed by atoms with E-state index in [9.17, 15) is 49.2 Å². The van der Waals surface area contributed by atoms with Gasteiger partial charge in [-0.15, -0.1) is 0 Å². The average molecular weight is 1110 g/mol. The first-order valence-corrected chi connectivity index (χ1v) is 25.0. The second-order valence-electron chi connectivity index (χ2n) is 20.5. The van der Waals surface area contributed by atoms with Crippen LogP contribution in [0.15, 0.2) is 73.2 Å². The van der Waals surface area contributed by atoms with Crippen LogP contribution in [0.4, 0.5) is 11.4 Å². The fourth-order valence-corrected chi connectivity index (χ4v) is 9.94. The van der Waals surface area contributed by atoms with Crippen LogP contribution in [-0.2, 0) is 28.4 Å². The minimum Gasteiger partial charge on any atom is -0.505 e. The van der Waals surface area contributed by atoms with Gasteiger partial charge in [0.1, 0.15) is 57.6 Å². The molecule has 2 aliphatic heterocycles. The molecule has 25 heteroatoms. The van der Waals surface area contributed by atoms with E-state index in [0.717, 1.165) is 11.9 Å². The summed E-state index contributed by atoms with van der Waals surface area (Å²) >= 11 is 0. The summed E-state index contributed by atoms with van der Waals surface area (Å²) in [7, 11) is 2.69. The van der Waals surface area contributed by atoms with Gasteiger partial charge in [0.05, 0.1) is 21.9 Å². The fraction of sp³-hybridized carbons (Fsp3) is 0.382. The van der Waals surface area contributed by atoms with Gasteiger partial charge in [-0.1, -0.05) is 0 Å². The zero-order valence-electron chi connectivity index (χ0n) is 45.2. The highest BCUT2D eigenvalue weighted by molar-refractivity contribution is 6.12. The van der Waals surface area contributed by atoms with Crippen molar-refractivity contribution in [3.63, 3.8) is 0 Å². The average Bonchev–Trinajstić information content (AvgIpc) is 4.29. The van der Waals surface area contributed by atoms with Crippen molar-refractivity contribution in [1.82, 2.24) is 15.0 Å². The van der Waals surface area contributed by atoms with Gasteiger partial charge in [-0.2, -0.15) is 0 Å². The van der Waals surface area contributed by atoms with Crippen LogP contribution in [0.1, 0.15) is 104 Å². The molecule has 2 aliphatic rings. The molecule has 7 atom stereocenters. The van der Waals surface area contributed by atoms with Gasteiger partial charge in [-0.3, -0.25) is 9.59 Å². The largest absolute Gasteiger partial charge is 0.505 e. The third-order valence-corrected chi connectivity index (χ3v) is 14.4. The molecule has 0 aliphatic carbocycles. The number of benzene rings is 2. The van der Waals surface area contributed by atoms with Crippen LogP contribution in [-0.4, -0.2) is 127 Å². The highest BCUT2D eigenvalue weighted by Gasteiger charge is 2.59. The molecule has 424 valence electrons. The highest BCUT2D eigenvalue weighted by Crippen LogP contribution is 2.44. The zero-order chi connectivity index (χ0) is 58.1. The summed E-state index contributed by atoms with van der Waals surface area (Å²) in [6.45, 7) is 14.5. The first-order chi connectivity index (χ1) is 37.7. The molecule has 80 heavy (non-hydrogen) atoms. The van der Waals surface area contributed by atoms with Gasteiger partial charge in [0, 0.05) is 49.4 Å². The fourth-order valence-electron chi connectivity index (χ4n) is 9.94. The standard InChI is InChI=1S/C55H59N5O20/c1-22-12-16-30(57-22)47(67)77-43-40(64)52(79-53(6,7)44(43)71-10)74-34-19-15-27-38(62)36(49(69)75-42(27)26(34)5)59-45(65)29-21-56-35(24(29)3)46(66)60-37-39(63)28-14-18-33(25(4)41(28)76-50(37)70)73-51-32(61)20-55(72-11,54(8,9)80-51)78-48(68)31-17-13-23(2)58-31/h12-19,21,32,40,43-44,51-52,56-58,61-64H,20H2,1-11H3,(H,59,65)(H,60,66). The summed E-state index contributed by atoms with van der Waals surface area (Å²) < 4.78 is 58.5. The first-order valence-electron chi connectivity index (χ1n) is 25.0. The number of aliphatic hydroxyl groups excluding tert-OH is 2. The lowest BCUT2D eigenvalue weighted by molar-refractivity contribution is -0.368. The number of aromatic nitrogens is 3. The van der Waals surface area contributed by atoms with E-state index >= 15 is 0 Å². The Hall–Kier alpha value is -8.46. The van der Waals surface area contributed by atoms with Crippen LogP contribution < -0.4 is 31.4 Å². The summed E-state index contributed by atoms with van der Waals surface area (Å²) in [5.41, 5.74) is -4.72. The van der Waals surface area contributed by atoms with Crippen molar-refractivity contribution in [2.24, 2.45) is 0 Å². The molecule has 5 aromatic heterocycles. The van der Waals surface area contributed by atoms with Crippen molar-refractivity contribution in [1.29, 1.82) is 0 Å². The predicted octanol–water partition coefficient (Wildman–Crippen LogP) is 5.92. The number of carbonyl (C=O) groups excluding carboxylic acids is 4. The van der Waals surface area contributed by atoms with E-state index in [0.29, 0.717) is 5.69 Å². The lowest BCUT2D eigenvalue weighted by atomic mass is 9.87. The topological polar surface area (TPSA) is 355 Å². The number of hydrogen-bond donors (Lipinski definition) is 9. The molecule has 0 saturated carbocycles. The lowest BCUT2D eigenvalue weighted by Crippen LogP contribution is -2.65. The number of rotatable bonds is 14. The predicted molar refractivity (Wildman–Crippen MR) is 281 cm³/mol. The van der Waals surface area contributed by atoms with Crippen molar-refractivity contribution in [3.8, 4) is 23.0 Å². The van der Waals surface area contributed by atoms with E-state index in [-0.39, 0.29) is 79.2 Å². The molecule has 9 N–H and O–H groups in total. The van der Waals surface area contributed by atoms with E-state index in [2.05, 4.69) is 25.6 Å². The Labute approximate surface area is 454 Å². The Morgan fingerprint density at radius 1 is 0.675 bits per heavy atom. The molecule has 2 amide bonds. The van der Waals surface area contributed by atoms with Crippen LogP contribution >= 0.6 is 0 Å². The molecule has 9 rings (SSSR count). The van der Waals surface area contributed by atoms with Gasteiger partial charge in [-0.05, 0) is 116 Å². The number of nitrogens with one attached hydrogen (secondary N) is 5. The third-order valence-electron chi connectivity index (χ3n) is 14.4. The Bertz CT molecular complexity index is 3730. The number of fused-ring (bicyclic) bond motifs is 2. The SMILES string of the molecule is COC1C(OC(=O)c2ccc(C)[nH]2)C(O)C(Oc2ccc3c(O)c(NC(=O)c4c[nH]c(C(=O)Nc5c(O)c6ccc(OC7OC(C)(C)C(OC)(OC(=O)c8ccc(C)[nH]8)CC7O)c(C)c6oc5=O)c4C)c(=O)oc3c2C)OC1(C)C. The molecule has 7 heterocycles. The maximum Gasteiger partial charge on any atom is 0.364 e. The molecule has 2 aromatic carbocycles. The number of methoxy groups -OCH3 is 2. The molecule has 0 spiro atoms. The number of H-pyrrole nitrogens is 3. The molecule has 25 nitrogen and oxygen atoms in total. The Morgan fingerprint density at radius 2 is 1.20 bits per heavy atom. The molecule has 7 aromatic rings. The van der Waals surface area contributed by atoms with Crippen molar-refractivity contribution < 1.29 is 86.3 Å². The van der Waals surface area contributed by atoms with E-state index < -0.39 is 112 Å². The second kappa shape index (κ2) is 21.0. The van der Waals surface area contributed by atoms with Crippen LogP contribution in [0.3, 0.4) is 0 Å². The maximum atomic E-state index is 13.7. The van der Waals surface area contributed by atoms with Crippen molar-refractivity contribution in [2.75, 3.05) is 24.9 Å². The maximum absolute atomic E-state index is 13.7. The summed E-state index contributed by atoms with van der Waals surface area (Å²) in [4.78, 5) is 88.9. The summed E-state index contributed by atoms with van der Waals surface area (Å²) in [6, 6.07) is 12.0. The number of ether oxygens (including phenoxy) is 8. The molecular formula is C55H59N5O20. The van der Waals surface area contributed by atoms with E-state index in [4.69, 9.17) is 46.7 Å². The van der Waals surface area contributed by atoms with E-state index in [1.165, 1.54) is 65.3 Å². The van der Waals surface area contributed by atoms with Gasteiger partial charge >= 0.3 is 23.2 Å². The van der Waals surface area contributed by atoms with Crippen LogP contribution in [0.5, 0.6) is 23.0 Å². The highest BCUT2D eigenvalue weighted by atomic mass is 16.8. The monoisotopic (exact) mass is 1110 g/mol. The molecule has 2 fully saturated rings. The number of carbonyl (C=O) groups is 4. The number of aliphatic hydroxyl groups is 2. The lowest BCUT2D eigenvalue weighted by Gasteiger charge is -2.50. The normalized spacial score (nSPS) is 22.4. The van der Waals surface area contributed by atoms with Crippen molar-refractivity contribution in [3.05, 3.63) is 126 Å². The molecular weight excluding hydrogens is 1050 g/mol. The number of anilines is 2. The molecule has 0 radical (unpaired) electrons. The van der Waals surface area contributed by atoms with Gasteiger partial charge in [0.2, 0.25) is 18.4 Å². The minimum atomic E-state index is -1.75. The quantitative estimate of drug-likeness (QED) is 0.0346. The number of aryl methyl sites for hydroxylation is 4. The Kier molecular flexibility index (Phi) is 14.7. The third kappa shape index (κ3) is 10.0. The molecule has 0 bridgehead atoms. The summed E-state index contributed by atoms with van der Waals surface area (Å²) in [5.74, 6) is -6.40. The zero-order valence-corrected chi connectivity index (χ0v) is 45.2. The van der Waals surface area contributed by atoms with Crippen LogP contribution in [0.2, 0.25) is 0 Å². The second-order valence-corrected chi connectivity index (χ2v) is 20.5. The van der Waals surface area contributed by atoms with E-state index in [1.807, 2.05) is 0 Å². The number of aromatic hydroxyl groups is 2. The van der Waals surface area contributed by atoms with Gasteiger partial charge in [-0.25, -0.2) is 19.2 Å². The van der Waals surface area contributed by atoms with Gasteiger partial charge in [0.15, 0.2) is 35.1 Å².